The number of hydrogen-bond donors (Lipinski definition) is 1. The van der Waals surface area contributed by atoms with Crippen LogP contribution in [0.3, 0.4) is 0 Å². The number of nitrogens with zero attached hydrogens (tertiary/aromatic N) is 1. The van der Waals surface area contributed by atoms with Crippen LogP contribution in [0.4, 0.5) is 11.4 Å². The molecule has 0 spiro atoms. The lowest BCUT2D eigenvalue weighted by Crippen LogP contribution is -2.24. The SMILES string of the molecule is CCN(Cc1cccc2c1OCCN2)c1ccccc1. The molecule has 3 heteroatoms. The van der Waals surface area contributed by atoms with E-state index in [2.05, 4.69) is 65.7 Å². The van der Waals surface area contributed by atoms with Crippen molar-refractivity contribution in [2.24, 2.45) is 0 Å². The molecule has 0 aliphatic carbocycles. The third-order valence-corrected chi connectivity index (χ3v) is 3.62. The molecular formula is C17H20N2O. The first-order valence-corrected chi connectivity index (χ1v) is 7.17. The number of ether oxygens (including phenoxy) is 1. The fraction of sp³-hybridized carbons (Fsp3) is 0.294. The topological polar surface area (TPSA) is 24.5 Å². The van der Waals surface area contributed by atoms with Crippen molar-refractivity contribution in [3.63, 3.8) is 0 Å². The van der Waals surface area contributed by atoms with Gasteiger partial charge in [-0.05, 0) is 25.1 Å². The normalized spacial score (nSPS) is 13.1. The maximum Gasteiger partial charge on any atom is 0.147 e. The summed E-state index contributed by atoms with van der Waals surface area (Å²) in [7, 11) is 0. The van der Waals surface area contributed by atoms with Gasteiger partial charge in [-0.2, -0.15) is 0 Å². The summed E-state index contributed by atoms with van der Waals surface area (Å²) in [6, 6.07) is 16.8. The Kier molecular flexibility index (Phi) is 3.77. The Balaban J connectivity index is 1.87. The number of hydrogen-bond acceptors (Lipinski definition) is 3. The van der Waals surface area contributed by atoms with Crippen molar-refractivity contribution in [3.05, 3.63) is 54.1 Å². The van der Waals surface area contributed by atoms with Gasteiger partial charge in [0.1, 0.15) is 12.4 Å². The molecule has 0 fully saturated rings. The first-order chi connectivity index (χ1) is 9.88. The van der Waals surface area contributed by atoms with Gasteiger partial charge >= 0.3 is 0 Å². The average Bonchev–Trinajstić information content (AvgIpc) is 2.53. The fourth-order valence-corrected chi connectivity index (χ4v) is 2.59. The Morgan fingerprint density at radius 1 is 1.10 bits per heavy atom. The van der Waals surface area contributed by atoms with Crippen molar-refractivity contribution in [2.75, 3.05) is 29.9 Å². The van der Waals surface area contributed by atoms with E-state index in [0.29, 0.717) is 0 Å². The third kappa shape index (κ3) is 2.57. The minimum absolute atomic E-state index is 0.738. The van der Waals surface area contributed by atoms with Gasteiger partial charge in [0.05, 0.1) is 5.69 Å². The van der Waals surface area contributed by atoms with Crippen molar-refractivity contribution in [3.8, 4) is 5.75 Å². The Labute approximate surface area is 120 Å². The van der Waals surface area contributed by atoms with Crippen LogP contribution in [-0.2, 0) is 6.54 Å². The van der Waals surface area contributed by atoms with E-state index in [9.17, 15) is 0 Å². The molecular weight excluding hydrogens is 248 g/mol. The molecule has 0 unspecified atom stereocenters. The second-order valence-electron chi connectivity index (χ2n) is 4.92. The fourth-order valence-electron chi connectivity index (χ4n) is 2.59. The highest BCUT2D eigenvalue weighted by molar-refractivity contribution is 5.62. The lowest BCUT2D eigenvalue weighted by atomic mass is 10.1. The van der Waals surface area contributed by atoms with E-state index >= 15 is 0 Å². The standard InChI is InChI=1S/C17H20N2O/c1-2-19(15-8-4-3-5-9-15)13-14-7-6-10-16-17(14)20-12-11-18-16/h3-10,18H,2,11-13H2,1H3. The zero-order chi connectivity index (χ0) is 13.8. The molecule has 1 heterocycles. The highest BCUT2D eigenvalue weighted by atomic mass is 16.5. The van der Waals surface area contributed by atoms with E-state index in [1.54, 1.807) is 0 Å². The van der Waals surface area contributed by atoms with Crippen LogP contribution >= 0.6 is 0 Å². The molecule has 3 rings (SSSR count). The molecule has 0 saturated carbocycles. The van der Waals surface area contributed by atoms with Crippen molar-refractivity contribution in [1.29, 1.82) is 0 Å². The summed E-state index contributed by atoms with van der Waals surface area (Å²) in [5.41, 5.74) is 3.59. The molecule has 0 atom stereocenters. The van der Waals surface area contributed by atoms with Crippen molar-refractivity contribution in [2.45, 2.75) is 13.5 Å². The molecule has 20 heavy (non-hydrogen) atoms. The highest BCUT2D eigenvalue weighted by Crippen LogP contribution is 2.32. The first kappa shape index (κ1) is 12.9. The summed E-state index contributed by atoms with van der Waals surface area (Å²) >= 11 is 0. The molecule has 3 nitrogen and oxygen atoms in total. The number of para-hydroxylation sites is 2. The number of fused-ring (bicyclic) bond motifs is 1. The lowest BCUT2D eigenvalue weighted by Gasteiger charge is -2.27. The number of anilines is 2. The summed E-state index contributed by atoms with van der Waals surface area (Å²) in [5.74, 6) is 1.01. The smallest absolute Gasteiger partial charge is 0.147 e. The van der Waals surface area contributed by atoms with Crippen LogP contribution in [0, 0.1) is 0 Å². The summed E-state index contributed by atoms with van der Waals surface area (Å²) in [6.45, 7) is 5.64. The number of rotatable bonds is 4. The maximum absolute atomic E-state index is 5.85. The molecule has 1 aliphatic heterocycles. The maximum atomic E-state index is 5.85. The molecule has 0 radical (unpaired) electrons. The van der Waals surface area contributed by atoms with Crippen molar-refractivity contribution < 1.29 is 4.74 Å². The molecule has 2 aromatic rings. The quantitative estimate of drug-likeness (QED) is 0.918. The van der Waals surface area contributed by atoms with Crippen LogP contribution in [0.1, 0.15) is 12.5 Å². The highest BCUT2D eigenvalue weighted by Gasteiger charge is 2.15. The minimum atomic E-state index is 0.738. The van der Waals surface area contributed by atoms with E-state index in [-0.39, 0.29) is 0 Å². The van der Waals surface area contributed by atoms with Gasteiger partial charge in [-0.25, -0.2) is 0 Å². The van der Waals surface area contributed by atoms with Gasteiger partial charge in [-0.15, -0.1) is 0 Å². The molecule has 0 saturated heterocycles. The van der Waals surface area contributed by atoms with Crippen LogP contribution in [-0.4, -0.2) is 19.7 Å². The third-order valence-electron chi connectivity index (χ3n) is 3.62. The second kappa shape index (κ2) is 5.87. The van der Waals surface area contributed by atoms with Gasteiger partial charge in [0, 0.05) is 30.9 Å². The molecule has 2 aromatic carbocycles. The first-order valence-electron chi connectivity index (χ1n) is 7.17. The van der Waals surface area contributed by atoms with Crippen LogP contribution in [0.15, 0.2) is 48.5 Å². The van der Waals surface area contributed by atoms with Crippen LogP contribution in [0.5, 0.6) is 5.75 Å². The molecule has 1 aliphatic rings. The molecule has 1 N–H and O–H groups in total. The number of nitrogens with one attached hydrogen (secondary N) is 1. The Hall–Kier alpha value is -2.16. The van der Waals surface area contributed by atoms with Crippen LogP contribution < -0.4 is 15.0 Å². The van der Waals surface area contributed by atoms with E-state index in [4.69, 9.17) is 4.74 Å². The van der Waals surface area contributed by atoms with Gasteiger partial charge in [-0.1, -0.05) is 30.3 Å². The van der Waals surface area contributed by atoms with Gasteiger partial charge in [0.2, 0.25) is 0 Å². The largest absolute Gasteiger partial charge is 0.489 e. The molecule has 104 valence electrons. The zero-order valence-corrected chi connectivity index (χ0v) is 11.8. The van der Waals surface area contributed by atoms with Crippen LogP contribution in [0.2, 0.25) is 0 Å². The molecule has 0 aromatic heterocycles. The monoisotopic (exact) mass is 268 g/mol. The number of benzene rings is 2. The molecule has 0 bridgehead atoms. The Bertz CT molecular complexity index is 568. The summed E-state index contributed by atoms with van der Waals surface area (Å²) in [5, 5.41) is 3.39. The Morgan fingerprint density at radius 2 is 1.95 bits per heavy atom. The van der Waals surface area contributed by atoms with Crippen molar-refractivity contribution >= 4 is 11.4 Å². The summed E-state index contributed by atoms with van der Waals surface area (Å²) in [6.07, 6.45) is 0. The van der Waals surface area contributed by atoms with Gasteiger partial charge < -0.3 is 15.0 Å². The average molecular weight is 268 g/mol. The predicted octanol–water partition coefficient (Wildman–Crippen LogP) is 3.52. The van der Waals surface area contributed by atoms with Crippen molar-refractivity contribution in [1.82, 2.24) is 0 Å². The summed E-state index contributed by atoms with van der Waals surface area (Å²) < 4.78 is 5.85. The van der Waals surface area contributed by atoms with E-state index in [1.165, 1.54) is 11.3 Å². The van der Waals surface area contributed by atoms with E-state index in [1.807, 2.05) is 0 Å². The summed E-state index contributed by atoms with van der Waals surface area (Å²) in [4.78, 5) is 2.35. The Morgan fingerprint density at radius 3 is 2.75 bits per heavy atom. The van der Waals surface area contributed by atoms with Crippen LogP contribution in [0.25, 0.3) is 0 Å². The van der Waals surface area contributed by atoms with Gasteiger partial charge in [0.15, 0.2) is 0 Å². The minimum Gasteiger partial charge on any atom is -0.489 e. The van der Waals surface area contributed by atoms with Gasteiger partial charge in [-0.3, -0.25) is 0 Å². The second-order valence-corrected chi connectivity index (χ2v) is 4.92. The van der Waals surface area contributed by atoms with E-state index < -0.39 is 0 Å². The molecule has 0 amide bonds. The lowest BCUT2D eigenvalue weighted by molar-refractivity contribution is 0.319. The van der Waals surface area contributed by atoms with Gasteiger partial charge in [0.25, 0.3) is 0 Å². The zero-order valence-electron chi connectivity index (χ0n) is 11.8. The predicted molar refractivity (Wildman–Crippen MR) is 83.6 cm³/mol. The van der Waals surface area contributed by atoms with E-state index in [0.717, 1.165) is 37.7 Å².